The van der Waals surface area contributed by atoms with E-state index in [-0.39, 0.29) is 6.04 Å². The predicted molar refractivity (Wildman–Crippen MR) is 58.4 cm³/mol. The first-order chi connectivity index (χ1) is 7.85. The van der Waals surface area contributed by atoms with Crippen LogP contribution in [0.1, 0.15) is 0 Å². The Bertz CT molecular complexity index is 375. The largest absolute Gasteiger partial charge is 0.352 e. The fourth-order valence-electron chi connectivity index (χ4n) is 1.77. The minimum Gasteiger partial charge on any atom is -0.352 e. The van der Waals surface area contributed by atoms with E-state index < -0.39 is 0 Å². The van der Waals surface area contributed by atoms with E-state index in [9.17, 15) is 0 Å². The number of nitriles is 1. The van der Waals surface area contributed by atoms with Gasteiger partial charge in [-0.1, -0.05) is 0 Å². The van der Waals surface area contributed by atoms with Crippen LogP contribution < -0.4 is 4.90 Å². The molecule has 0 aromatic carbocycles. The Labute approximate surface area is 94.8 Å². The first-order valence-electron chi connectivity index (χ1n) is 5.13. The van der Waals surface area contributed by atoms with Crippen molar-refractivity contribution in [3.8, 4) is 6.07 Å². The summed E-state index contributed by atoms with van der Waals surface area (Å²) in [5, 5.41) is 10.7. The van der Waals surface area contributed by atoms with Crippen molar-refractivity contribution in [2.24, 2.45) is 0 Å². The van der Waals surface area contributed by atoms with Crippen molar-refractivity contribution in [2.75, 3.05) is 31.6 Å². The number of rotatable bonds is 2. The molecule has 1 aromatic rings. The van der Waals surface area contributed by atoms with Crippen LogP contribution in [0.3, 0.4) is 0 Å². The van der Waals surface area contributed by atoms with Crippen LogP contribution in [0, 0.1) is 17.4 Å². The zero-order valence-electron chi connectivity index (χ0n) is 9.13. The first-order valence-corrected chi connectivity index (χ1v) is 5.13. The molecule has 16 heavy (non-hydrogen) atoms. The van der Waals surface area contributed by atoms with Gasteiger partial charge >= 0.3 is 0 Å². The van der Waals surface area contributed by atoms with Crippen LogP contribution in [-0.4, -0.2) is 42.8 Å². The molecule has 0 aliphatic carbocycles. The van der Waals surface area contributed by atoms with Gasteiger partial charge in [-0.15, -0.1) is 0 Å². The lowest BCUT2D eigenvalue weighted by molar-refractivity contribution is -0.151. The van der Waals surface area contributed by atoms with Crippen molar-refractivity contribution in [3.05, 3.63) is 24.4 Å². The van der Waals surface area contributed by atoms with Crippen LogP contribution in [0.5, 0.6) is 0 Å². The fraction of sp³-hybridized carbons (Fsp3) is 0.455. The average molecular weight is 217 g/mol. The molecule has 2 heterocycles. The van der Waals surface area contributed by atoms with Gasteiger partial charge in [0.05, 0.1) is 19.7 Å². The molecule has 1 saturated heterocycles. The van der Waals surface area contributed by atoms with Crippen LogP contribution in [-0.2, 0) is 4.84 Å². The molecule has 1 atom stereocenters. The average Bonchev–Trinajstić information content (AvgIpc) is 2.39. The molecule has 1 aliphatic heterocycles. The van der Waals surface area contributed by atoms with Gasteiger partial charge in [-0.3, -0.25) is 0 Å². The fourth-order valence-corrected chi connectivity index (χ4v) is 1.77. The maximum Gasteiger partial charge on any atom is 0.139 e. The van der Waals surface area contributed by atoms with Crippen molar-refractivity contribution < 1.29 is 4.84 Å². The Kier molecular flexibility index (Phi) is 3.34. The lowest BCUT2D eigenvalue weighted by atomic mass is 10.2. The molecular formula is C11H13N4O. The highest BCUT2D eigenvalue weighted by Crippen LogP contribution is 2.15. The van der Waals surface area contributed by atoms with E-state index in [1.807, 2.05) is 17.0 Å². The molecular weight excluding hydrogens is 204 g/mol. The summed E-state index contributed by atoms with van der Waals surface area (Å²) in [7, 11) is 1.59. The Morgan fingerprint density at radius 2 is 2.50 bits per heavy atom. The molecule has 0 amide bonds. The van der Waals surface area contributed by atoms with E-state index in [0.717, 1.165) is 12.4 Å². The quantitative estimate of drug-likeness (QED) is 0.720. The molecule has 5 heteroatoms. The van der Waals surface area contributed by atoms with Gasteiger partial charge in [0.2, 0.25) is 0 Å². The summed E-state index contributed by atoms with van der Waals surface area (Å²) in [6, 6.07) is 8.68. The summed E-state index contributed by atoms with van der Waals surface area (Å²) >= 11 is 0. The molecule has 5 nitrogen and oxygen atoms in total. The smallest absolute Gasteiger partial charge is 0.139 e. The van der Waals surface area contributed by atoms with Crippen molar-refractivity contribution in [1.29, 1.82) is 5.26 Å². The summed E-state index contributed by atoms with van der Waals surface area (Å²) in [4.78, 5) is 11.4. The zero-order valence-corrected chi connectivity index (χ0v) is 9.13. The third kappa shape index (κ3) is 2.13. The summed E-state index contributed by atoms with van der Waals surface area (Å²) < 4.78 is 0. The highest BCUT2D eigenvalue weighted by atomic mass is 16.7. The lowest BCUT2D eigenvalue weighted by Crippen LogP contribution is -2.52. The third-order valence-corrected chi connectivity index (χ3v) is 2.61. The number of piperazine rings is 1. The molecule has 0 bridgehead atoms. The van der Waals surface area contributed by atoms with Crippen LogP contribution >= 0.6 is 0 Å². The van der Waals surface area contributed by atoms with E-state index in [0.29, 0.717) is 13.1 Å². The normalized spacial score (nSPS) is 21.8. The maximum absolute atomic E-state index is 9.03. The van der Waals surface area contributed by atoms with Gasteiger partial charge in [0.1, 0.15) is 11.9 Å². The van der Waals surface area contributed by atoms with Crippen molar-refractivity contribution in [2.45, 2.75) is 6.04 Å². The van der Waals surface area contributed by atoms with Crippen molar-refractivity contribution >= 4 is 5.82 Å². The minimum atomic E-state index is -0.255. The highest BCUT2D eigenvalue weighted by Gasteiger charge is 2.27. The van der Waals surface area contributed by atoms with E-state index in [2.05, 4.69) is 17.1 Å². The number of aromatic nitrogens is 1. The highest BCUT2D eigenvalue weighted by molar-refractivity contribution is 5.37. The standard InChI is InChI=1S/C11H13N4O/c1-16-15-7-6-14(9-10(15)8-12)11-4-2-3-5-13-11/h2-3,5,10H,6-7,9H2,1H3. The molecule has 1 aliphatic rings. The Morgan fingerprint density at radius 3 is 3.12 bits per heavy atom. The summed E-state index contributed by atoms with van der Waals surface area (Å²) in [5.74, 6) is 0.790. The molecule has 2 rings (SSSR count). The topological polar surface area (TPSA) is 52.4 Å². The number of hydrogen-bond donors (Lipinski definition) is 0. The van der Waals surface area contributed by atoms with Crippen LogP contribution in [0.4, 0.5) is 5.82 Å². The molecule has 0 spiro atoms. The summed E-state index contributed by atoms with van der Waals surface area (Å²) in [6.07, 6.45) is 1.73. The molecule has 1 fully saturated rings. The molecule has 1 unspecified atom stereocenters. The lowest BCUT2D eigenvalue weighted by Gasteiger charge is -2.36. The molecule has 83 valence electrons. The van der Waals surface area contributed by atoms with Crippen LogP contribution in [0.25, 0.3) is 0 Å². The van der Waals surface area contributed by atoms with E-state index in [4.69, 9.17) is 10.1 Å². The molecule has 0 N–H and O–H groups in total. The second kappa shape index (κ2) is 4.92. The molecule has 1 aromatic heterocycles. The second-order valence-electron chi connectivity index (χ2n) is 3.52. The van der Waals surface area contributed by atoms with Crippen LogP contribution in [0.2, 0.25) is 0 Å². The van der Waals surface area contributed by atoms with Gasteiger partial charge < -0.3 is 9.74 Å². The Hall–Kier alpha value is -1.64. The Balaban J connectivity index is 2.08. The van der Waals surface area contributed by atoms with Gasteiger partial charge in [-0.05, 0) is 12.1 Å². The number of hydrogen-bond acceptors (Lipinski definition) is 5. The van der Waals surface area contributed by atoms with Crippen molar-refractivity contribution in [1.82, 2.24) is 10.0 Å². The van der Waals surface area contributed by atoms with E-state index in [1.165, 1.54) is 0 Å². The van der Waals surface area contributed by atoms with Crippen LogP contribution in [0.15, 0.2) is 18.3 Å². The SMILES string of the molecule is CON1CCN(c2[c]cccn2)CC1C#N. The van der Waals surface area contributed by atoms with Gasteiger partial charge in [-0.2, -0.15) is 10.3 Å². The van der Waals surface area contributed by atoms with Gasteiger partial charge in [0.25, 0.3) is 0 Å². The van der Waals surface area contributed by atoms with E-state index in [1.54, 1.807) is 18.4 Å². The first kappa shape index (κ1) is 10.9. The molecule has 0 saturated carbocycles. The molecule has 1 radical (unpaired) electrons. The minimum absolute atomic E-state index is 0.255. The number of anilines is 1. The van der Waals surface area contributed by atoms with Gasteiger partial charge in [0.15, 0.2) is 0 Å². The number of nitrogens with zero attached hydrogens (tertiary/aromatic N) is 4. The summed E-state index contributed by atoms with van der Waals surface area (Å²) in [6.45, 7) is 2.08. The van der Waals surface area contributed by atoms with Crippen molar-refractivity contribution in [3.63, 3.8) is 0 Å². The Morgan fingerprint density at radius 1 is 1.62 bits per heavy atom. The van der Waals surface area contributed by atoms with Gasteiger partial charge in [0, 0.05) is 25.4 Å². The third-order valence-electron chi connectivity index (χ3n) is 2.61. The zero-order chi connectivity index (χ0) is 11.4. The monoisotopic (exact) mass is 217 g/mol. The second-order valence-corrected chi connectivity index (χ2v) is 3.52. The summed E-state index contributed by atoms with van der Waals surface area (Å²) in [5.41, 5.74) is 0. The maximum atomic E-state index is 9.03. The predicted octanol–water partition coefficient (Wildman–Crippen LogP) is 0.457. The number of hydroxylamine groups is 2. The van der Waals surface area contributed by atoms with Gasteiger partial charge in [-0.25, -0.2) is 4.98 Å². The van der Waals surface area contributed by atoms with E-state index >= 15 is 0 Å². The number of pyridine rings is 1.